The Labute approximate surface area is 91.9 Å². The lowest BCUT2D eigenvalue weighted by Gasteiger charge is -2.23. The fraction of sp³-hybridized carbons (Fsp3) is 0.900. The van der Waals surface area contributed by atoms with E-state index in [1.807, 2.05) is 20.8 Å². The van der Waals surface area contributed by atoms with E-state index in [-0.39, 0.29) is 18.3 Å². The molecule has 0 bridgehead atoms. The predicted molar refractivity (Wildman–Crippen MR) is 59.4 cm³/mol. The van der Waals surface area contributed by atoms with Crippen molar-refractivity contribution in [2.24, 2.45) is 5.41 Å². The molecule has 0 unspecified atom stereocenters. The van der Waals surface area contributed by atoms with Gasteiger partial charge in [0.1, 0.15) is 6.61 Å². The molecule has 0 aromatic heterocycles. The second-order valence-corrected chi connectivity index (χ2v) is 6.29. The van der Waals surface area contributed by atoms with Gasteiger partial charge >= 0.3 is 5.97 Å². The van der Waals surface area contributed by atoms with Crippen molar-refractivity contribution in [2.45, 2.75) is 33.6 Å². The summed E-state index contributed by atoms with van der Waals surface area (Å²) >= 11 is 0. The molecule has 0 radical (unpaired) electrons. The highest BCUT2D eigenvalue weighted by Gasteiger charge is 2.30. The maximum atomic E-state index is 11.6. The molecular formula is C10H20O4S. The fourth-order valence-electron chi connectivity index (χ4n) is 0.999. The Morgan fingerprint density at radius 1 is 1.27 bits per heavy atom. The molecule has 0 heterocycles. The summed E-state index contributed by atoms with van der Waals surface area (Å²) < 4.78 is 26.6. The highest BCUT2D eigenvalue weighted by Crippen LogP contribution is 2.26. The lowest BCUT2D eigenvalue weighted by Crippen LogP contribution is -2.29. The third kappa shape index (κ3) is 5.16. The van der Waals surface area contributed by atoms with Gasteiger partial charge in [0.05, 0.1) is 11.2 Å². The van der Waals surface area contributed by atoms with Crippen molar-refractivity contribution in [3.05, 3.63) is 0 Å². The molecule has 0 aromatic carbocycles. The van der Waals surface area contributed by atoms with Gasteiger partial charge in [0.15, 0.2) is 9.84 Å². The Morgan fingerprint density at radius 2 is 1.73 bits per heavy atom. The number of sulfone groups is 1. The first-order chi connectivity index (χ1) is 6.75. The molecule has 0 saturated heterocycles. The summed E-state index contributed by atoms with van der Waals surface area (Å²) in [6.07, 6.45) is 2.52. The van der Waals surface area contributed by atoms with E-state index in [0.29, 0.717) is 12.8 Å². The second-order valence-electron chi connectivity index (χ2n) is 4.03. The van der Waals surface area contributed by atoms with Gasteiger partial charge in [-0.25, -0.2) is 8.42 Å². The summed E-state index contributed by atoms with van der Waals surface area (Å²) in [5, 5.41) is 0. The van der Waals surface area contributed by atoms with Crippen LogP contribution in [0.3, 0.4) is 0 Å². The minimum absolute atomic E-state index is 0.0484. The van der Waals surface area contributed by atoms with Crippen LogP contribution in [-0.2, 0) is 19.4 Å². The Morgan fingerprint density at radius 3 is 2.07 bits per heavy atom. The predicted octanol–water partition coefficient (Wildman–Crippen LogP) is 1.40. The number of hydrogen-bond acceptors (Lipinski definition) is 4. The van der Waals surface area contributed by atoms with Crippen molar-refractivity contribution < 1.29 is 17.9 Å². The zero-order valence-corrected chi connectivity index (χ0v) is 10.7. The molecule has 0 aliphatic heterocycles. The normalized spacial score (nSPS) is 12.5. The third-order valence-electron chi connectivity index (χ3n) is 2.74. The van der Waals surface area contributed by atoms with Crippen LogP contribution < -0.4 is 0 Å². The first kappa shape index (κ1) is 14.4. The molecule has 0 N–H and O–H groups in total. The summed E-state index contributed by atoms with van der Waals surface area (Å²) in [7, 11) is -3.06. The fourth-order valence-corrected chi connectivity index (χ4v) is 1.38. The summed E-state index contributed by atoms with van der Waals surface area (Å²) in [4.78, 5) is 11.6. The van der Waals surface area contributed by atoms with Gasteiger partial charge in [-0.2, -0.15) is 0 Å². The van der Waals surface area contributed by atoms with E-state index in [9.17, 15) is 13.2 Å². The van der Waals surface area contributed by atoms with Crippen LogP contribution in [0.2, 0.25) is 0 Å². The van der Waals surface area contributed by atoms with Gasteiger partial charge in [-0.15, -0.1) is 0 Å². The van der Waals surface area contributed by atoms with Gasteiger partial charge in [0, 0.05) is 6.26 Å². The van der Waals surface area contributed by atoms with Crippen LogP contribution >= 0.6 is 0 Å². The molecular weight excluding hydrogens is 216 g/mol. The molecule has 0 amide bonds. The quantitative estimate of drug-likeness (QED) is 0.654. The molecule has 5 heteroatoms. The Balaban J connectivity index is 4.15. The van der Waals surface area contributed by atoms with E-state index in [0.717, 1.165) is 6.26 Å². The zero-order chi connectivity index (χ0) is 12.1. The van der Waals surface area contributed by atoms with Crippen LogP contribution in [0, 0.1) is 5.41 Å². The molecule has 0 aliphatic carbocycles. The monoisotopic (exact) mass is 236 g/mol. The third-order valence-corrected chi connectivity index (χ3v) is 3.65. The highest BCUT2D eigenvalue weighted by molar-refractivity contribution is 7.90. The smallest absolute Gasteiger partial charge is 0.311 e. The Kier molecular flexibility index (Phi) is 5.28. The summed E-state index contributed by atoms with van der Waals surface area (Å²) in [5.41, 5.74) is -0.489. The van der Waals surface area contributed by atoms with Gasteiger partial charge in [0.25, 0.3) is 0 Å². The largest absolute Gasteiger partial charge is 0.464 e. The van der Waals surface area contributed by atoms with Crippen molar-refractivity contribution in [2.75, 3.05) is 18.6 Å². The van der Waals surface area contributed by atoms with Crippen LogP contribution in [0.15, 0.2) is 0 Å². The number of ether oxygens (including phenoxy) is 1. The zero-order valence-electron chi connectivity index (χ0n) is 9.87. The van der Waals surface area contributed by atoms with Crippen LogP contribution in [0.4, 0.5) is 0 Å². The number of hydrogen-bond donors (Lipinski definition) is 0. The number of esters is 1. The summed E-state index contributed by atoms with van der Waals surface area (Å²) in [6, 6.07) is 0. The maximum absolute atomic E-state index is 11.6. The van der Waals surface area contributed by atoms with Crippen molar-refractivity contribution in [1.29, 1.82) is 0 Å². The molecule has 0 spiro atoms. The van der Waals surface area contributed by atoms with E-state index in [1.54, 1.807) is 0 Å². The SMILES string of the molecule is CCC(C)(CC)C(=O)OCCS(C)(=O)=O. The summed E-state index contributed by atoms with van der Waals surface area (Å²) in [5.74, 6) is -0.418. The minimum atomic E-state index is -3.06. The van der Waals surface area contributed by atoms with Gasteiger partial charge in [-0.05, 0) is 19.8 Å². The lowest BCUT2D eigenvalue weighted by atomic mass is 9.85. The molecule has 0 fully saturated rings. The molecule has 15 heavy (non-hydrogen) atoms. The van der Waals surface area contributed by atoms with Crippen LogP contribution in [0.1, 0.15) is 33.6 Å². The number of rotatable bonds is 6. The van der Waals surface area contributed by atoms with Crippen LogP contribution in [0.5, 0.6) is 0 Å². The molecule has 0 atom stereocenters. The molecule has 0 saturated carbocycles. The topological polar surface area (TPSA) is 60.4 Å². The van der Waals surface area contributed by atoms with Crippen molar-refractivity contribution in [3.8, 4) is 0 Å². The van der Waals surface area contributed by atoms with Gasteiger partial charge in [-0.3, -0.25) is 4.79 Å². The van der Waals surface area contributed by atoms with E-state index < -0.39 is 15.3 Å². The van der Waals surface area contributed by atoms with E-state index in [2.05, 4.69) is 0 Å². The second kappa shape index (κ2) is 5.49. The highest BCUT2D eigenvalue weighted by atomic mass is 32.2. The molecule has 4 nitrogen and oxygen atoms in total. The number of carbonyl (C=O) groups excluding carboxylic acids is 1. The van der Waals surface area contributed by atoms with Gasteiger partial charge in [-0.1, -0.05) is 13.8 Å². The standard InChI is InChI=1S/C10H20O4S/c1-5-10(3,6-2)9(11)14-7-8-15(4,12)13/h5-8H2,1-4H3. The average Bonchev–Trinajstić information content (AvgIpc) is 2.14. The summed E-state index contributed by atoms with van der Waals surface area (Å²) in [6.45, 7) is 5.62. The van der Waals surface area contributed by atoms with E-state index in [1.165, 1.54) is 0 Å². The van der Waals surface area contributed by atoms with Crippen molar-refractivity contribution in [3.63, 3.8) is 0 Å². The van der Waals surface area contributed by atoms with Gasteiger partial charge in [0.2, 0.25) is 0 Å². The lowest BCUT2D eigenvalue weighted by molar-refractivity contribution is -0.154. The van der Waals surface area contributed by atoms with Crippen LogP contribution in [-0.4, -0.2) is 33.0 Å². The molecule has 0 aromatic rings. The van der Waals surface area contributed by atoms with Gasteiger partial charge < -0.3 is 4.74 Å². The molecule has 0 rings (SSSR count). The first-order valence-electron chi connectivity index (χ1n) is 5.10. The average molecular weight is 236 g/mol. The number of carbonyl (C=O) groups is 1. The first-order valence-corrected chi connectivity index (χ1v) is 7.16. The van der Waals surface area contributed by atoms with E-state index >= 15 is 0 Å². The van der Waals surface area contributed by atoms with Crippen molar-refractivity contribution >= 4 is 15.8 Å². The minimum Gasteiger partial charge on any atom is -0.464 e. The molecule has 90 valence electrons. The Bertz CT molecular complexity index is 301. The van der Waals surface area contributed by atoms with Crippen molar-refractivity contribution in [1.82, 2.24) is 0 Å². The van der Waals surface area contributed by atoms with Crippen LogP contribution in [0.25, 0.3) is 0 Å². The van der Waals surface area contributed by atoms with E-state index in [4.69, 9.17) is 4.74 Å². The maximum Gasteiger partial charge on any atom is 0.311 e. The Hall–Kier alpha value is -0.580. The molecule has 0 aliphatic rings.